The summed E-state index contributed by atoms with van der Waals surface area (Å²) in [5, 5.41) is 8.20. The molecule has 2 aliphatic heterocycles. The summed E-state index contributed by atoms with van der Waals surface area (Å²) in [6.07, 6.45) is 8.91. The first-order valence-electron chi connectivity index (χ1n) is 12.0. The minimum absolute atomic E-state index is 0.0416. The van der Waals surface area contributed by atoms with E-state index in [1.54, 1.807) is 6.20 Å². The van der Waals surface area contributed by atoms with Crippen LogP contribution < -0.4 is 5.32 Å². The van der Waals surface area contributed by atoms with Crippen LogP contribution in [-0.2, 0) is 9.84 Å². The molecule has 1 N–H and O–H groups in total. The largest absolute Gasteiger partial charge is 0.341 e. The number of likely N-dealkylation sites (tertiary alicyclic amines) is 1. The lowest BCUT2D eigenvalue weighted by atomic mass is 9.89. The van der Waals surface area contributed by atoms with Gasteiger partial charge in [-0.25, -0.2) is 32.5 Å². The van der Waals surface area contributed by atoms with E-state index in [1.807, 2.05) is 10.9 Å². The molecule has 190 valence electrons. The highest BCUT2D eigenvalue weighted by molar-refractivity contribution is 7.90. The monoisotopic (exact) mass is 512 g/mol. The summed E-state index contributed by atoms with van der Waals surface area (Å²) >= 11 is 0. The summed E-state index contributed by atoms with van der Waals surface area (Å²) in [5.74, 6) is 0.527. The molecular weight excluding hydrogens is 483 g/mol. The average molecular weight is 513 g/mol. The average Bonchev–Trinajstić information content (AvgIpc) is 3.30. The van der Waals surface area contributed by atoms with Gasteiger partial charge in [-0.3, -0.25) is 4.99 Å². The highest BCUT2D eigenvalue weighted by atomic mass is 32.2. The summed E-state index contributed by atoms with van der Waals surface area (Å²) < 4.78 is 39.9. The summed E-state index contributed by atoms with van der Waals surface area (Å²) in [5.41, 5.74) is 0.821. The Hall–Kier alpha value is -3.41. The summed E-state index contributed by atoms with van der Waals surface area (Å²) in [6, 6.07) is 3.90. The Morgan fingerprint density at radius 1 is 1.22 bits per heavy atom. The van der Waals surface area contributed by atoms with E-state index in [2.05, 4.69) is 44.1 Å². The molecule has 3 aromatic rings. The van der Waals surface area contributed by atoms with Gasteiger partial charge in [0.15, 0.2) is 15.5 Å². The molecule has 10 nitrogen and oxygen atoms in total. The number of hydrogen-bond donors (Lipinski definition) is 1. The lowest BCUT2D eigenvalue weighted by Gasteiger charge is -2.35. The van der Waals surface area contributed by atoms with Gasteiger partial charge < -0.3 is 10.2 Å². The quantitative estimate of drug-likeness (QED) is 0.555. The van der Waals surface area contributed by atoms with Crippen LogP contribution in [0.2, 0.25) is 0 Å². The van der Waals surface area contributed by atoms with Gasteiger partial charge in [0, 0.05) is 31.0 Å². The van der Waals surface area contributed by atoms with E-state index < -0.39 is 15.7 Å². The van der Waals surface area contributed by atoms with E-state index >= 15 is 0 Å². The molecule has 1 aromatic carbocycles. The number of benzene rings is 1. The van der Waals surface area contributed by atoms with E-state index in [0.29, 0.717) is 16.9 Å². The normalized spacial score (nSPS) is 21.1. The maximum absolute atomic E-state index is 14.6. The second-order valence-electron chi connectivity index (χ2n) is 9.69. The molecule has 0 radical (unpaired) electrons. The van der Waals surface area contributed by atoms with Crippen molar-refractivity contribution in [3.8, 4) is 0 Å². The number of halogens is 1. The van der Waals surface area contributed by atoms with E-state index in [0.717, 1.165) is 57.2 Å². The molecule has 0 bridgehead atoms. The molecule has 2 aliphatic rings. The highest BCUT2D eigenvalue weighted by Gasteiger charge is 2.28. The first-order valence-corrected chi connectivity index (χ1v) is 13.9. The van der Waals surface area contributed by atoms with Crippen molar-refractivity contribution in [3.63, 3.8) is 0 Å². The second kappa shape index (κ2) is 9.23. The molecule has 5 rings (SSSR count). The van der Waals surface area contributed by atoms with E-state index in [1.165, 1.54) is 18.5 Å². The minimum Gasteiger partial charge on any atom is -0.341 e. The summed E-state index contributed by atoms with van der Waals surface area (Å²) in [7, 11) is -3.50. The molecule has 1 atom stereocenters. The van der Waals surface area contributed by atoms with Crippen LogP contribution in [0.15, 0.2) is 45.6 Å². The fourth-order valence-electron chi connectivity index (χ4n) is 4.43. The molecule has 0 aliphatic carbocycles. The zero-order valence-electron chi connectivity index (χ0n) is 20.5. The van der Waals surface area contributed by atoms with Crippen LogP contribution >= 0.6 is 0 Å². The van der Waals surface area contributed by atoms with Gasteiger partial charge in [0.2, 0.25) is 5.96 Å². The Labute approximate surface area is 209 Å². The zero-order valence-corrected chi connectivity index (χ0v) is 21.3. The Kier molecular flexibility index (Phi) is 6.23. The first-order chi connectivity index (χ1) is 17.2. The fraction of sp³-hybridized carbons (Fsp3) is 0.458. The molecule has 0 saturated carbocycles. The van der Waals surface area contributed by atoms with Crippen LogP contribution in [0.5, 0.6) is 0 Å². The van der Waals surface area contributed by atoms with Crippen LogP contribution in [0, 0.1) is 11.2 Å². The number of aromatic nitrogens is 4. The SMILES string of the molecule is CCC1(C)C=NC(N2CCC(n3ncc4c(Nc5ccc(S(C)(=O)=O)cc5F)ncnc43)CC2)=NC1. The van der Waals surface area contributed by atoms with Gasteiger partial charge in [-0.1, -0.05) is 13.8 Å². The molecule has 1 fully saturated rings. The highest BCUT2D eigenvalue weighted by Crippen LogP contribution is 2.30. The Balaban J connectivity index is 1.31. The van der Waals surface area contributed by atoms with E-state index in [9.17, 15) is 12.8 Å². The van der Waals surface area contributed by atoms with Crippen LogP contribution in [0.1, 0.15) is 39.2 Å². The molecule has 1 unspecified atom stereocenters. The van der Waals surface area contributed by atoms with Crippen molar-refractivity contribution >= 4 is 44.6 Å². The zero-order chi connectivity index (χ0) is 25.5. The first kappa shape index (κ1) is 24.3. The third-order valence-corrected chi connectivity index (χ3v) is 8.10. The number of nitrogens with one attached hydrogen (secondary N) is 1. The number of sulfone groups is 1. The molecule has 0 spiro atoms. The Morgan fingerprint density at radius 3 is 2.64 bits per heavy atom. The van der Waals surface area contributed by atoms with Gasteiger partial charge in [0.05, 0.1) is 34.8 Å². The van der Waals surface area contributed by atoms with E-state index in [4.69, 9.17) is 4.99 Å². The van der Waals surface area contributed by atoms with Crippen molar-refractivity contribution in [2.75, 3.05) is 31.2 Å². The Morgan fingerprint density at radius 2 is 2.00 bits per heavy atom. The van der Waals surface area contributed by atoms with Gasteiger partial charge >= 0.3 is 0 Å². The predicted molar refractivity (Wildman–Crippen MR) is 137 cm³/mol. The lowest BCUT2D eigenvalue weighted by molar-refractivity contribution is 0.254. The molecule has 36 heavy (non-hydrogen) atoms. The van der Waals surface area contributed by atoms with Gasteiger partial charge in [-0.05, 0) is 37.5 Å². The lowest BCUT2D eigenvalue weighted by Crippen LogP contribution is -2.41. The molecule has 2 aromatic heterocycles. The minimum atomic E-state index is -3.50. The number of anilines is 2. The van der Waals surface area contributed by atoms with Gasteiger partial charge in [-0.2, -0.15) is 5.10 Å². The van der Waals surface area contributed by atoms with Gasteiger partial charge in [-0.15, -0.1) is 0 Å². The van der Waals surface area contributed by atoms with Crippen LogP contribution in [0.3, 0.4) is 0 Å². The van der Waals surface area contributed by atoms with Crippen molar-refractivity contribution in [2.24, 2.45) is 15.4 Å². The number of nitrogens with zero attached hydrogens (tertiary/aromatic N) is 7. The number of guanidine groups is 1. The summed E-state index contributed by atoms with van der Waals surface area (Å²) in [4.78, 5) is 20.2. The van der Waals surface area contributed by atoms with Crippen molar-refractivity contribution in [2.45, 2.75) is 44.0 Å². The van der Waals surface area contributed by atoms with Gasteiger partial charge in [0.25, 0.3) is 0 Å². The number of rotatable bonds is 5. The van der Waals surface area contributed by atoms with Crippen LogP contribution in [0.25, 0.3) is 11.0 Å². The van der Waals surface area contributed by atoms with Crippen molar-refractivity contribution in [1.29, 1.82) is 0 Å². The summed E-state index contributed by atoms with van der Waals surface area (Å²) in [6.45, 7) is 6.73. The third kappa shape index (κ3) is 4.69. The van der Waals surface area contributed by atoms with Crippen molar-refractivity contribution in [1.82, 2.24) is 24.6 Å². The topological polar surface area (TPSA) is 118 Å². The standard InChI is InChI=1S/C24H29FN8O2S/c1-4-24(2)13-26-23(27-14-24)32-9-7-16(8-10-32)33-22-18(12-30-33)21(28-15-29-22)31-20-6-5-17(11-19(20)25)36(3,34)35/h5-6,11-13,15-16H,4,7-10,14H2,1-3H3,(H,28,29,31). The number of hydrogen-bond acceptors (Lipinski definition) is 9. The van der Waals surface area contributed by atoms with E-state index in [-0.39, 0.29) is 22.0 Å². The molecule has 4 heterocycles. The Bertz CT molecular complexity index is 1460. The second-order valence-corrected chi connectivity index (χ2v) is 11.7. The van der Waals surface area contributed by atoms with Crippen molar-refractivity contribution < 1.29 is 12.8 Å². The fourth-order valence-corrected chi connectivity index (χ4v) is 5.06. The smallest absolute Gasteiger partial charge is 0.220 e. The number of piperidine rings is 1. The van der Waals surface area contributed by atoms with Crippen LogP contribution in [0.4, 0.5) is 15.9 Å². The van der Waals surface area contributed by atoms with Crippen molar-refractivity contribution in [3.05, 3.63) is 36.5 Å². The number of aliphatic imine (C=N–C) groups is 2. The maximum Gasteiger partial charge on any atom is 0.220 e. The van der Waals surface area contributed by atoms with Crippen LogP contribution in [-0.4, -0.2) is 71.1 Å². The molecular formula is C24H29FN8O2S. The maximum atomic E-state index is 14.6. The predicted octanol–water partition coefficient (Wildman–Crippen LogP) is 3.61. The molecule has 12 heteroatoms. The molecule has 1 saturated heterocycles. The molecule has 0 amide bonds. The van der Waals surface area contributed by atoms with Gasteiger partial charge in [0.1, 0.15) is 18.0 Å². The number of fused-ring (bicyclic) bond motifs is 1. The third-order valence-electron chi connectivity index (χ3n) is 6.99.